The summed E-state index contributed by atoms with van der Waals surface area (Å²) in [6.07, 6.45) is 19.4. The molecular weight excluding hydrogens is 568 g/mol. The maximum Gasteiger partial charge on any atom is 0.410 e. The average Bonchev–Trinajstić information content (AvgIpc) is 2.94. The van der Waals surface area contributed by atoms with E-state index in [4.69, 9.17) is 15.2 Å². The van der Waals surface area contributed by atoms with E-state index in [0.717, 1.165) is 19.3 Å². The van der Waals surface area contributed by atoms with Crippen LogP contribution in [0, 0.1) is 0 Å². The average molecular weight is 641 g/mol. The number of rotatable bonds is 26. The number of carbonyl (C=O) groups is 3. The van der Waals surface area contributed by atoms with Crippen molar-refractivity contribution in [3.05, 3.63) is 0 Å². The zero-order valence-electron chi connectivity index (χ0n) is 30.5. The van der Waals surface area contributed by atoms with E-state index in [9.17, 15) is 14.4 Å². The minimum Gasteiger partial charge on any atom is -0.444 e. The number of hydrogen-bond donors (Lipinski definition) is 2. The Morgan fingerprint density at radius 3 is 1.33 bits per heavy atom. The third-order valence-corrected chi connectivity index (χ3v) is 7.48. The van der Waals surface area contributed by atoms with Gasteiger partial charge in [-0.15, -0.1) is 0 Å². The first-order valence-electron chi connectivity index (χ1n) is 18.2. The Hall–Kier alpha value is -2.03. The Kier molecular flexibility index (Phi) is 24.9. The molecule has 3 amide bonds. The quantitative estimate of drug-likeness (QED) is 0.0916. The summed E-state index contributed by atoms with van der Waals surface area (Å²) < 4.78 is 11.2. The van der Waals surface area contributed by atoms with Gasteiger partial charge < -0.3 is 30.3 Å². The number of nitrogens with one attached hydrogen (secondary N) is 1. The lowest BCUT2D eigenvalue weighted by atomic mass is 10.0. The molecule has 9 nitrogen and oxygen atoms in total. The van der Waals surface area contributed by atoms with Gasteiger partial charge in [0.1, 0.15) is 11.2 Å². The molecule has 0 aromatic rings. The van der Waals surface area contributed by atoms with Crippen molar-refractivity contribution in [1.82, 2.24) is 15.1 Å². The van der Waals surface area contributed by atoms with Crippen LogP contribution in [0.4, 0.5) is 9.59 Å². The summed E-state index contributed by atoms with van der Waals surface area (Å²) >= 11 is 0. The van der Waals surface area contributed by atoms with E-state index in [1.807, 2.05) is 41.5 Å². The Bertz CT molecular complexity index is 764. The standard InChI is InChI=1S/C36H72N4O5/c1-8-9-10-11-12-13-14-15-16-17-18-19-20-25-32(41)38-27-24-31-40(34(43)45-36(5,6)7)29-22-21-28-39(30-23-26-37)33(42)44-35(2,3)4/h8-31,37H2,1-7H3,(H,38,41). The summed E-state index contributed by atoms with van der Waals surface area (Å²) in [5, 5.41) is 3.02. The molecule has 266 valence electrons. The smallest absolute Gasteiger partial charge is 0.410 e. The van der Waals surface area contributed by atoms with Crippen molar-refractivity contribution in [2.45, 2.75) is 175 Å². The summed E-state index contributed by atoms with van der Waals surface area (Å²) in [6, 6.07) is 0. The van der Waals surface area contributed by atoms with E-state index in [1.165, 1.54) is 70.6 Å². The van der Waals surface area contributed by atoms with Gasteiger partial charge >= 0.3 is 12.2 Å². The maximum atomic E-state index is 12.9. The molecule has 0 saturated heterocycles. The summed E-state index contributed by atoms with van der Waals surface area (Å²) in [4.78, 5) is 41.3. The summed E-state index contributed by atoms with van der Waals surface area (Å²) in [5.74, 6) is 0.0848. The van der Waals surface area contributed by atoms with E-state index in [2.05, 4.69) is 12.2 Å². The van der Waals surface area contributed by atoms with Crippen molar-refractivity contribution in [2.75, 3.05) is 39.3 Å². The van der Waals surface area contributed by atoms with Crippen LogP contribution in [0.15, 0.2) is 0 Å². The second-order valence-corrected chi connectivity index (χ2v) is 14.5. The molecule has 3 N–H and O–H groups in total. The third kappa shape index (κ3) is 28.0. The summed E-state index contributed by atoms with van der Waals surface area (Å²) in [7, 11) is 0. The number of unbranched alkanes of at least 4 members (excludes halogenated alkanes) is 13. The van der Waals surface area contributed by atoms with E-state index in [0.29, 0.717) is 65.0 Å². The van der Waals surface area contributed by atoms with Crippen LogP contribution in [0.3, 0.4) is 0 Å². The second kappa shape index (κ2) is 26.1. The van der Waals surface area contributed by atoms with E-state index >= 15 is 0 Å². The zero-order chi connectivity index (χ0) is 34.0. The molecule has 0 aliphatic heterocycles. The molecule has 0 rings (SSSR count). The van der Waals surface area contributed by atoms with Gasteiger partial charge in [0.2, 0.25) is 5.91 Å². The largest absolute Gasteiger partial charge is 0.444 e. The topological polar surface area (TPSA) is 114 Å². The van der Waals surface area contributed by atoms with Crippen LogP contribution in [0.5, 0.6) is 0 Å². The van der Waals surface area contributed by atoms with Crippen LogP contribution in [-0.2, 0) is 14.3 Å². The number of ether oxygens (including phenoxy) is 2. The molecule has 0 aromatic heterocycles. The molecular formula is C36H72N4O5. The van der Waals surface area contributed by atoms with Crippen LogP contribution >= 0.6 is 0 Å². The lowest BCUT2D eigenvalue weighted by molar-refractivity contribution is -0.121. The van der Waals surface area contributed by atoms with Gasteiger partial charge in [-0.05, 0) is 80.2 Å². The highest BCUT2D eigenvalue weighted by atomic mass is 16.6. The van der Waals surface area contributed by atoms with E-state index in [1.54, 1.807) is 9.80 Å². The molecule has 0 aliphatic rings. The van der Waals surface area contributed by atoms with Crippen molar-refractivity contribution >= 4 is 18.1 Å². The molecule has 0 fully saturated rings. The van der Waals surface area contributed by atoms with Gasteiger partial charge in [-0.1, -0.05) is 84.0 Å². The fourth-order valence-electron chi connectivity index (χ4n) is 5.02. The molecule has 0 heterocycles. The van der Waals surface area contributed by atoms with Crippen LogP contribution in [0.2, 0.25) is 0 Å². The zero-order valence-corrected chi connectivity index (χ0v) is 30.5. The molecule has 0 radical (unpaired) electrons. The summed E-state index contributed by atoms with van der Waals surface area (Å²) in [6.45, 7) is 16.5. The molecule has 0 bridgehead atoms. The van der Waals surface area contributed by atoms with Gasteiger partial charge in [0.05, 0.1) is 0 Å². The van der Waals surface area contributed by atoms with E-state index < -0.39 is 11.2 Å². The van der Waals surface area contributed by atoms with Crippen LogP contribution in [-0.4, -0.2) is 78.4 Å². The Balaban J connectivity index is 4.34. The van der Waals surface area contributed by atoms with Gasteiger partial charge in [-0.25, -0.2) is 9.59 Å². The molecule has 0 atom stereocenters. The second-order valence-electron chi connectivity index (χ2n) is 14.5. The molecule has 0 saturated carbocycles. The fraction of sp³-hybridized carbons (Fsp3) is 0.917. The number of hydrogen-bond acceptors (Lipinski definition) is 6. The number of carbonyl (C=O) groups excluding carboxylic acids is 3. The van der Waals surface area contributed by atoms with Gasteiger partial charge in [0, 0.05) is 39.1 Å². The number of nitrogens with two attached hydrogens (primary N) is 1. The maximum absolute atomic E-state index is 12.9. The van der Waals surface area contributed by atoms with Gasteiger partial charge in [0.15, 0.2) is 0 Å². The molecule has 0 aromatic carbocycles. The molecule has 0 aliphatic carbocycles. The van der Waals surface area contributed by atoms with Crippen molar-refractivity contribution < 1.29 is 23.9 Å². The number of amides is 3. The monoisotopic (exact) mass is 641 g/mol. The summed E-state index contributed by atoms with van der Waals surface area (Å²) in [5.41, 5.74) is 4.51. The van der Waals surface area contributed by atoms with Crippen molar-refractivity contribution in [3.63, 3.8) is 0 Å². The van der Waals surface area contributed by atoms with Crippen LogP contribution in [0.1, 0.15) is 164 Å². The van der Waals surface area contributed by atoms with Gasteiger partial charge in [0.25, 0.3) is 0 Å². The SMILES string of the molecule is CCCCCCCCCCCCCCCC(=O)NCCCN(CCCCN(CCCN)C(=O)OC(C)(C)C)C(=O)OC(C)(C)C. The van der Waals surface area contributed by atoms with Crippen molar-refractivity contribution in [1.29, 1.82) is 0 Å². The van der Waals surface area contributed by atoms with Crippen molar-refractivity contribution in [2.24, 2.45) is 5.73 Å². The highest BCUT2D eigenvalue weighted by Gasteiger charge is 2.23. The molecule has 0 spiro atoms. The predicted molar refractivity (Wildman–Crippen MR) is 186 cm³/mol. The lowest BCUT2D eigenvalue weighted by Gasteiger charge is -2.29. The minimum absolute atomic E-state index is 0.0848. The first-order chi connectivity index (χ1) is 21.3. The van der Waals surface area contributed by atoms with E-state index in [-0.39, 0.29) is 18.1 Å². The molecule has 9 heteroatoms. The molecule has 0 unspecified atom stereocenters. The Morgan fingerprint density at radius 2 is 0.933 bits per heavy atom. The highest BCUT2D eigenvalue weighted by Crippen LogP contribution is 2.15. The third-order valence-electron chi connectivity index (χ3n) is 7.48. The predicted octanol–water partition coefficient (Wildman–Crippen LogP) is 8.58. The Morgan fingerprint density at radius 1 is 0.556 bits per heavy atom. The van der Waals surface area contributed by atoms with Gasteiger partial charge in [-0.3, -0.25) is 4.79 Å². The number of nitrogens with zero attached hydrogens (tertiary/aromatic N) is 2. The first-order valence-corrected chi connectivity index (χ1v) is 18.2. The minimum atomic E-state index is -0.590. The highest BCUT2D eigenvalue weighted by molar-refractivity contribution is 5.75. The first kappa shape index (κ1) is 43.0. The molecule has 45 heavy (non-hydrogen) atoms. The fourth-order valence-corrected chi connectivity index (χ4v) is 5.02. The van der Waals surface area contributed by atoms with Gasteiger partial charge in [-0.2, -0.15) is 0 Å². The van der Waals surface area contributed by atoms with Crippen molar-refractivity contribution in [3.8, 4) is 0 Å². The Labute approximate surface area is 277 Å². The lowest BCUT2D eigenvalue weighted by Crippen LogP contribution is -2.40. The van der Waals surface area contributed by atoms with Crippen LogP contribution < -0.4 is 11.1 Å². The normalized spacial score (nSPS) is 11.7. The van der Waals surface area contributed by atoms with Crippen LogP contribution in [0.25, 0.3) is 0 Å².